The molecule has 0 aromatic heterocycles. The summed E-state index contributed by atoms with van der Waals surface area (Å²) in [6.07, 6.45) is 4.74. The maximum Gasteiger partial charge on any atom is 0.185 e. The Kier molecular flexibility index (Phi) is 12.8. The number of thioether (sulfide) groups is 1. The zero-order chi connectivity index (χ0) is 26.0. The molecule has 0 bridgehead atoms. The Balaban J connectivity index is 1.96. The summed E-state index contributed by atoms with van der Waals surface area (Å²) in [7, 11) is 0. The maximum atomic E-state index is 12.5. The Labute approximate surface area is 226 Å². The van der Waals surface area contributed by atoms with Gasteiger partial charge in [0.05, 0.1) is 25.9 Å². The van der Waals surface area contributed by atoms with Crippen molar-refractivity contribution in [2.75, 3.05) is 39.6 Å². The fourth-order valence-electron chi connectivity index (χ4n) is 4.63. The van der Waals surface area contributed by atoms with Crippen LogP contribution < -0.4 is 0 Å². The largest absolute Gasteiger partial charge is 0.380 e. The normalized spacial score (nSPS) is 29.2. The molecule has 2 aliphatic rings. The third-order valence-corrected chi connectivity index (χ3v) is 8.97. The number of hydrogen-bond donors (Lipinski definition) is 1. The van der Waals surface area contributed by atoms with Crippen molar-refractivity contribution in [2.45, 2.75) is 94.9 Å². The van der Waals surface area contributed by atoms with E-state index in [2.05, 4.69) is 27.7 Å². The lowest BCUT2D eigenvalue weighted by molar-refractivity contribution is -0.162. The molecule has 2 fully saturated rings. The van der Waals surface area contributed by atoms with E-state index in [-0.39, 0.29) is 17.3 Å². The molecule has 206 valence electrons. The number of rotatable bonds is 15. The molecule has 0 saturated carbocycles. The molecular formula is C28H45ClO6S. The van der Waals surface area contributed by atoms with Crippen molar-refractivity contribution in [3.8, 4) is 0 Å². The number of ether oxygens (including phenoxy) is 5. The van der Waals surface area contributed by atoms with Crippen molar-refractivity contribution in [3.63, 3.8) is 0 Å². The van der Waals surface area contributed by atoms with E-state index in [1.54, 1.807) is 0 Å². The molecule has 0 aliphatic carbocycles. The van der Waals surface area contributed by atoms with Gasteiger partial charge in [0.25, 0.3) is 0 Å². The molecule has 2 saturated heterocycles. The van der Waals surface area contributed by atoms with Gasteiger partial charge in [0.1, 0.15) is 6.10 Å². The van der Waals surface area contributed by atoms with Gasteiger partial charge < -0.3 is 28.8 Å². The zero-order valence-electron chi connectivity index (χ0n) is 22.4. The lowest BCUT2D eigenvalue weighted by Gasteiger charge is -2.50. The Bertz CT molecular complexity index is 776. The van der Waals surface area contributed by atoms with Gasteiger partial charge in [-0.25, -0.2) is 0 Å². The van der Waals surface area contributed by atoms with Crippen molar-refractivity contribution in [1.29, 1.82) is 0 Å². The van der Waals surface area contributed by atoms with E-state index in [9.17, 15) is 5.11 Å². The highest BCUT2D eigenvalue weighted by molar-refractivity contribution is 8.00. The summed E-state index contributed by atoms with van der Waals surface area (Å²) in [5, 5.41) is 13.1. The first-order chi connectivity index (χ1) is 17.5. The molecule has 3 rings (SSSR count). The Morgan fingerprint density at radius 3 is 2.31 bits per heavy atom. The quantitative estimate of drug-likeness (QED) is 0.254. The van der Waals surface area contributed by atoms with E-state index >= 15 is 0 Å². The van der Waals surface area contributed by atoms with E-state index in [0.717, 1.165) is 56.3 Å². The van der Waals surface area contributed by atoms with Gasteiger partial charge in [-0.15, -0.1) is 11.8 Å². The minimum atomic E-state index is -1.34. The predicted molar refractivity (Wildman–Crippen MR) is 146 cm³/mol. The molecule has 36 heavy (non-hydrogen) atoms. The third-order valence-electron chi connectivity index (χ3n) is 6.93. The molecule has 1 aromatic carbocycles. The molecule has 1 aromatic rings. The molecule has 0 spiro atoms. The van der Waals surface area contributed by atoms with E-state index in [0.29, 0.717) is 38.1 Å². The SMILES string of the molecule is CCCCOC[C@H]1SC(O)(c2ccc(Cl)c(C3OCCO3)c2)[C@H](OCCCC)[C@@H](OCCCC)[C@@H]1C. The van der Waals surface area contributed by atoms with Crippen LogP contribution >= 0.6 is 23.4 Å². The van der Waals surface area contributed by atoms with E-state index in [4.69, 9.17) is 35.3 Å². The minimum Gasteiger partial charge on any atom is -0.380 e. The van der Waals surface area contributed by atoms with Crippen LogP contribution in [0.15, 0.2) is 18.2 Å². The summed E-state index contributed by atoms with van der Waals surface area (Å²) in [6.45, 7) is 12.2. The van der Waals surface area contributed by atoms with E-state index in [1.807, 2.05) is 18.2 Å². The van der Waals surface area contributed by atoms with Crippen LogP contribution in [0.2, 0.25) is 5.02 Å². The van der Waals surface area contributed by atoms with Crippen LogP contribution in [0.25, 0.3) is 0 Å². The second-order valence-electron chi connectivity index (χ2n) is 9.78. The monoisotopic (exact) mass is 544 g/mol. The maximum absolute atomic E-state index is 12.5. The van der Waals surface area contributed by atoms with Crippen LogP contribution in [0, 0.1) is 5.92 Å². The highest BCUT2D eigenvalue weighted by atomic mass is 35.5. The highest BCUT2D eigenvalue weighted by Gasteiger charge is 2.54. The second kappa shape index (κ2) is 15.3. The van der Waals surface area contributed by atoms with Gasteiger partial charge in [0.15, 0.2) is 11.2 Å². The lowest BCUT2D eigenvalue weighted by atomic mass is 9.88. The summed E-state index contributed by atoms with van der Waals surface area (Å²) in [5.74, 6) is 0.147. The summed E-state index contributed by atoms with van der Waals surface area (Å²) < 4.78 is 30.5. The Morgan fingerprint density at radius 1 is 1.00 bits per heavy atom. The molecule has 2 aliphatic heterocycles. The molecule has 5 atom stereocenters. The topological polar surface area (TPSA) is 66.4 Å². The Morgan fingerprint density at radius 2 is 1.64 bits per heavy atom. The standard InChI is InChI=1S/C28H45ClO6S/c1-5-8-13-31-19-24-20(4)25(32-14-9-6-2)26(33-15-10-7-3)28(30,36-24)21-11-12-23(29)22(18-21)27-34-16-17-35-27/h11-12,18,20,24-27,30H,5-10,13-17,19H2,1-4H3/t20-,24-,25+,26-,28?/m1/s1. The fourth-order valence-corrected chi connectivity index (χ4v) is 6.43. The van der Waals surface area contributed by atoms with Gasteiger partial charge in [-0.1, -0.05) is 64.6 Å². The molecule has 6 nitrogen and oxygen atoms in total. The average Bonchev–Trinajstić information content (AvgIpc) is 3.41. The zero-order valence-corrected chi connectivity index (χ0v) is 24.0. The number of unbranched alkanes of at least 4 members (excludes halogenated alkanes) is 3. The van der Waals surface area contributed by atoms with Gasteiger partial charge in [-0.05, 0) is 42.9 Å². The van der Waals surface area contributed by atoms with Gasteiger partial charge in [-0.3, -0.25) is 0 Å². The average molecular weight is 545 g/mol. The van der Waals surface area contributed by atoms with Crippen molar-refractivity contribution < 1.29 is 28.8 Å². The molecule has 0 amide bonds. The van der Waals surface area contributed by atoms with Gasteiger partial charge in [-0.2, -0.15) is 0 Å². The molecule has 1 N–H and O–H groups in total. The second-order valence-corrected chi connectivity index (χ2v) is 11.7. The van der Waals surface area contributed by atoms with Crippen molar-refractivity contribution in [3.05, 3.63) is 34.3 Å². The first-order valence-corrected chi connectivity index (χ1v) is 15.0. The van der Waals surface area contributed by atoms with E-state index < -0.39 is 17.3 Å². The Hall–Kier alpha value is -0.380. The summed E-state index contributed by atoms with van der Waals surface area (Å²) in [4.78, 5) is -1.34. The molecule has 2 heterocycles. The third kappa shape index (κ3) is 7.60. The van der Waals surface area contributed by atoms with Crippen molar-refractivity contribution in [1.82, 2.24) is 0 Å². The van der Waals surface area contributed by atoms with Crippen LogP contribution in [0.3, 0.4) is 0 Å². The smallest absolute Gasteiger partial charge is 0.185 e. The summed E-state index contributed by atoms with van der Waals surface area (Å²) in [6, 6.07) is 5.62. The number of halogens is 1. The van der Waals surface area contributed by atoms with Gasteiger partial charge >= 0.3 is 0 Å². The van der Waals surface area contributed by atoms with Gasteiger partial charge in [0.2, 0.25) is 0 Å². The molecular weight excluding hydrogens is 500 g/mol. The lowest BCUT2D eigenvalue weighted by Crippen LogP contribution is -2.57. The van der Waals surface area contributed by atoms with E-state index in [1.165, 1.54) is 11.8 Å². The van der Waals surface area contributed by atoms with Crippen molar-refractivity contribution in [2.24, 2.45) is 5.92 Å². The van der Waals surface area contributed by atoms with Crippen LogP contribution in [0.5, 0.6) is 0 Å². The highest BCUT2D eigenvalue weighted by Crippen LogP contribution is 2.52. The molecule has 1 unspecified atom stereocenters. The van der Waals surface area contributed by atoms with Crippen LogP contribution in [-0.4, -0.2) is 62.2 Å². The van der Waals surface area contributed by atoms with Crippen molar-refractivity contribution >= 4 is 23.4 Å². The first-order valence-electron chi connectivity index (χ1n) is 13.7. The fraction of sp³-hybridized carbons (Fsp3) is 0.786. The van der Waals surface area contributed by atoms with Crippen LogP contribution in [0.4, 0.5) is 0 Å². The molecule has 8 heteroatoms. The number of hydrogen-bond acceptors (Lipinski definition) is 7. The minimum absolute atomic E-state index is 0.0441. The predicted octanol–water partition coefficient (Wildman–Crippen LogP) is 6.47. The summed E-state index contributed by atoms with van der Waals surface area (Å²) >= 11 is 8.06. The summed E-state index contributed by atoms with van der Waals surface area (Å²) in [5.41, 5.74) is 1.45. The molecule has 0 radical (unpaired) electrons. The van der Waals surface area contributed by atoms with Gasteiger partial charge in [0, 0.05) is 35.7 Å². The number of aliphatic hydroxyl groups is 1. The first kappa shape index (κ1) is 30.2. The van der Waals surface area contributed by atoms with Crippen LogP contribution in [0.1, 0.15) is 83.6 Å². The van der Waals surface area contributed by atoms with Crippen LogP contribution in [-0.2, 0) is 28.6 Å². The number of benzene rings is 1.